The average Bonchev–Trinajstić information content (AvgIpc) is 3.14. The summed E-state index contributed by atoms with van der Waals surface area (Å²) in [6.45, 7) is 0.729. The molecule has 7 heteroatoms. The molecule has 0 spiro atoms. The molecule has 0 radical (unpaired) electrons. The molecule has 0 bridgehead atoms. The van der Waals surface area contributed by atoms with E-state index < -0.39 is 0 Å². The van der Waals surface area contributed by atoms with E-state index in [1.54, 1.807) is 11.8 Å². The van der Waals surface area contributed by atoms with Gasteiger partial charge in [-0.3, -0.25) is 0 Å². The van der Waals surface area contributed by atoms with Gasteiger partial charge in [0.2, 0.25) is 5.16 Å². The number of nitrogens with one attached hydrogen (secondary N) is 1. The number of nitrogens with zero attached hydrogens (tertiary/aromatic N) is 4. The zero-order valence-electron chi connectivity index (χ0n) is 10.5. The maximum atomic E-state index is 6.25. The van der Waals surface area contributed by atoms with Crippen LogP contribution in [0.25, 0.3) is 0 Å². The van der Waals surface area contributed by atoms with E-state index in [4.69, 9.17) is 11.6 Å². The van der Waals surface area contributed by atoms with Crippen LogP contribution in [0.1, 0.15) is 24.4 Å². The highest BCUT2D eigenvalue weighted by atomic mass is 35.5. The molecule has 3 rings (SSSR count). The largest absolute Gasteiger partial charge is 0.316 e. The Kier molecular flexibility index (Phi) is 3.72. The number of rotatable bonds is 5. The standard InChI is InChI=1S/C12H14ClN5S/c1-14-7-9-10(13)3-2-4-11(9)19-12-15-16-17-18(12)8-5-6-8/h2-4,8,14H,5-7H2,1H3. The fourth-order valence-corrected chi connectivity index (χ4v) is 3.18. The third-order valence-electron chi connectivity index (χ3n) is 2.99. The lowest BCUT2D eigenvalue weighted by Crippen LogP contribution is -2.07. The summed E-state index contributed by atoms with van der Waals surface area (Å²) in [4.78, 5) is 1.10. The van der Waals surface area contributed by atoms with Crippen LogP contribution < -0.4 is 5.32 Å². The third kappa shape index (κ3) is 2.75. The molecule has 1 aliphatic rings. The van der Waals surface area contributed by atoms with Crippen LogP contribution in [-0.2, 0) is 6.54 Å². The smallest absolute Gasteiger partial charge is 0.214 e. The van der Waals surface area contributed by atoms with Crippen molar-refractivity contribution in [1.82, 2.24) is 25.5 Å². The predicted octanol–water partition coefficient (Wildman–Crippen LogP) is 2.53. The summed E-state index contributed by atoms with van der Waals surface area (Å²) in [5.41, 5.74) is 1.09. The number of halogens is 1. The monoisotopic (exact) mass is 295 g/mol. The van der Waals surface area contributed by atoms with E-state index in [1.165, 1.54) is 0 Å². The van der Waals surface area contributed by atoms with E-state index >= 15 is 0 Å². The van der Waals surface area contributed by atoms with Crippen molar-refractivity contribution >= 4 is 23.4 Å². The first-order chi connectivity index (χ1) is 9.29. The summed E-state index contributed by atoms with van der Waals surface area (Å²) in [6.07, 6.45) is 2.33. The minimum absolute atomic E-state index is 0.476. The van der Waals surface area contributed by atoms with Gasteiger partial charge in [0.25, 0.3) is 0 Å². The van der Waals surface area contributed by atoms with Crippen LogP contribution in [0.2, 0.25) is 5.02 Å². The number of hydrogen-bond donors (Lipinski definition) is 1. The minimum atomic E-state index is 0.476. The van der Waals surface area contributed by atoms with Crippen LogP contribution >= 0.6 is 23.4 Å². The molecule has 1 aromatic heterocycles. The lowest BCUT2D eigenvalue weighted by Gasteiger charge is -2.10. The van der Waals surface area contributed by atoms with Gasteiger partial charge in [0.05, 0.1) is 6.04 Å². The molecule has 0 aliphatic heterocycles. The Balaban J connectivity index is 1.90. The van der Waals surface area contributed by atoms with Crippen LogP contribution in [0.4, 0.5) is 0 Å². The third-order valence-corrected chi connectivity index (χ3v) is 4.39. The lowest BCUT2D eigenvalue weighted by atomic mass is 10.2. The highest BCUT2D eigenvalue weighted by Crippen LogP contribution is 2.39. The van der Waals surface area contributed by atoms with Crippen molar-refractivity contribution in [1.29, 1.82) is 0 Å². The molecule has 0 amide bonds. The molecule has 1 fully saturated rings. The molecule has 1 heterocycles. The van der Waals surface area contributed by atoms with Gasteiger partial charge in [-0.2, -0.15) is 0 Å². The van der Waals surface area contributed by atoms with Crippen LogP contribution in [-0.4, -0.2) is 27.3 Å². The Bertz CT molecular complexity index is 581. The van der Waals surface area contributed by atoms with Gasteiger partial charge < -0.3 is 5.32 Å². The highest BCUT2D eigenvalue weighted by molar-refractivity contribution is 7.99. The van der Waals surface area contributed by atoms with E-state index in [0.717, 1.165) is 40.0 Å². The second kappa shape index (κ2) is 5.48. The van der Waals surface area contributed by atoms with Crippen molar-refractivity contribution in [2.45, 2.75) is 35.5 Å². The first kappa shape index (κ1) is 12.9. The zero-order valence-corrected chi connectivity index (χ0v) is 12.1. The van der Waals surface area contributed by atoms with E-state index in [-0.39, 0.29) is 0 Å². The van der Waals surface area contributed by atoms with Gasteiger partial charge in [-0.25, -0.2) is 4.68 Å². The van der Waals surface area contributed by atoms with Gasteiger partial charge >= 0.3 is 0 Å². The second-order valence-electron chi connectivity index (χ2n) is 4.49. The van der Waals surface area contributed by atoms with E-state index in [2.05, 4.69) is 26.9 Å². The second-order valence-corrected chi connectivity index (χ2v) is 5.90. The van der Waals surface area contributed by atoms with Gasteiger partial charge in [0.1, 0.15) is 0 Å². The molecule has 100 valence electrons. The predicted molar refractivity (Wildman–Crippen MR) is 74.4 cm³/mol. The molecule has 1 aliphatic carbocycles. The number of benzene rings is 1. The molecule has 1 saturated carbocycles. The van der Waals surface area contributed by atoms with Crippen molar-refractivity contribution < 1.29 is 0 Å². The molecule has 1 aromatic carbocycles. The topological polar surface area (TPSA) is 55.6 Å². The first-order valence-electron chi connectivity index (χ1n) is 6.17. The zero-order chi connectivity index (χ0) is 13.2. The van der Waals surface area contributed by atoms with E-state index in [9.17, 15) is 0 Å². The van der Waals surface area contributed by atoms with Gasteiger partial charge in [-0.05, 0) is 59.8 Å². The van der Waals surface area contributed by atoms with Crippen LogP contribution in [0.15, 0.2) is 28.3 Å². The van der Waals surface area contributed by atoms with Crippen molar-refractivity contribution in [3.8, 4) is 0 Å². The van der Waals surface area contributed by atoms with Gasteiger partial charge in [0.15, 0.2) is 0 Å². The molecule has 0 unspecified atom stereocenters. The van der Waals surface area contributed by atoms with Crippen molar-refractivity contribution in [3.05, 3.63) is 28.8 Å². The Morgan fingerprint density at radius 3 is 3.05 bits per heavy atom. The fourth-order valence-electron chi connectivity index (χ4n) is 1.88. The number of tetrazole rings is 1. The maximum absolute atomic E-state index is 6.25. The maximum Gasteiger partial charge on any atom is 0.214 e. The van der Waals surface area contributed by atoms with Gasteiger partial charge in [0, 0.05) is 16.5 Å². The van der Waals surface area contributed by atoms with E-state index in [0.29, 0.717) is 6.04 Å². The lowest BCUT2D eigenvalue weighted by molar-refractivity contribution is 0.565. The van der Waals surface area contributed by atoms with Crippen molar-refractivity contribution in [2.75, 3.05) is 7.05 Å². The Morgan fingerprint density at radius 1 is 1.47 bits per heavy atom. The Labute approximate surface area is 120 Å². The average molecular weight is 296 g/mol. The van der Waals surface area contributed by atoms with Gasteiger partial charge in [-0.1, -0.05) is 17.7 Å². The SMILES string of the molecule is CNCc1c(Cl)cccc1Sc1nnnn1C1CC1. The molecule has 0 atom stereocenters. The summed E-state index contributed by atoms with van der Waals surface area (Å²) >= 11 is 7.82. The minimum Gasteiger partial charge on any atom is -0.316 e. The van der Waals surface area contributed by atoms with Crippen LogP contribution in [0.5, 0.6) is 0 Å². The van der Waals surface area contributed by atoms with Crippen molar-refractivity contribution in [3.63, 3.8) is 0 Å². The normalized spacial score (nSPS) is 14.8. The summed E-state index contributed by atoms with van der Waals surface area (Å²) in [7, 11) is 1.91. The van der Waals surface area contributed by atoms with Crippen molar-refractivity contribution in [2.24, 2.45) is 0 Å². The van der Waals surface area contributed by atoms with Crippen LogP contribution in [0, 0.1) is 0 Å². The molecule has 5 nitrogen and oxygen atoms in total. The molecule has 2 aromatic rings. The first-order valence-corrected chi connectivity index (χ1v) is 7.36. The van der Waals surface area contributed by atoms with E-state index in [1.807, 2.05) is 23.9 Å². The molecule has 19 heavy (non-hydrogen) atoms. The summed E-state index contributed by atoms with van der Waals surface area (Å²) in [5, 5.41) is 16.7. The summed E-state index contributed by atoms with van der Waals surface area (Å²) < 4.78 is 1.91. The summed E-state index contributed by atoms with van der Waals surface area (Å²) in [5.74, 6) is 0. The molecule has 0 saturated heterocycles. The quantitative estimate of drug-likeness (QED) is 0.918. The Hall–Kier alpha value is -1.11. The number of hydrogen-bond acceptors (Lipinski definition) is 5. The molecular weight excluding hydrogens is 282 g/mol. The number of aromatic nitrogens is 4. The van der Waals surface area contributed by atoms with Crippen LogP contribution in [0.3, 0.4) is 0 Å². The highest BCUT2D eigenvalue weighted by Gasteiger charge is 2.28. The fraction of sp³-hybridized carbons (Fsp3) is 0.417. The Morgan fingerprint density at radius 2 is 2.32 bits per heavy atom. The van der Waals surface area contributed by atoms with Gasteiger partial charge in [-0.15, -0.1) is 5.10 Å². The summed E-state index contributed by atoms with van der Waals surface area (Å²) in [6, 6.07) is 6.39. The molecule has 1 N–H and O–H groups in total. The molecular formula is C12H14ClN5S.